The van der Waals surface area contributed by atoms with Crippen molar-refractivity contribution in [3.05, 3.63) is 11.1 Å². The number of ketones is 1. The summed E-state index contributed by atoms with van der Waals surface area (Å²) in [4.78, 5) is 23.2. The fourth-order valence-electron chi connectivity index (χ4n) is 2.67. The highest BCUT2D eigenvalue weighted by Gasteiger charge is 2.36. The van der Waals surface area contributed by atoms with E-state index in [9.17, 15) is 9.59 Å². The first kappa shape index (κ1) is 10.4. The topological polar surface area (TPSA) is 43.4 Å². The molecule has 1 unspecified atom stereocenters. The Balaban J connectivity index is 2.33. The van der Waals surface area contributed by atoms with Gasteiger partial charge in [-0.1, -0.05) is 12.8 Å². The Morgan fingerprint density at radius 2 is 2.13 bits per heavy atom. The van der Waals surface area contributed by atoms with Gasteiger partial charge in [-0.2, -0.15) is 0 Å². The molecule has 0 aliphatic heterocycles. The predicted octanol–water partition coefficient (Wildman–Crippen LogP) is 2.01. The van der Waals surface area contributed by atoms with E-state index >= 15 is 0 Å². The predicted molar refractivity (Wildman–Crippen MR) is 55.2 cm³/mol. The fourth-order valence-corrected chi connectivity index (χ4v) is 2.67. The highest BCUT2D eigenvalue weighted by atomic mass is 16.5. The average Bonchev–Trinajstić information content (AvgIpc) is 2.40. The lowest BCUT2D eigenvalue weighted by atomic mass is 9.96. The van der Waals surface area contributed by atoms with Crippen molar-refractivity contribution >= 4 is 11.8 Å². The molecule has 1 saturated carbocycles. The van der Waals surface area contributed by atoms with E-state index < -0.39 is 5.97 Å². The molecule has 0 amide bonds. The van der Waals surface area contributed by atoms with E-state index in [0.717, 1.165) is 24.8 Å². The minimum absolute atomic E-state index is 0.0104. The maximum atomic E-state index is 11.7. The van der Waals surface area contributed by atoms with Crippen LogP contribution in [0.25, 0.3) is 0 Å². The van der Waals surface area contributed by atoms with E-state index in [2.05, 4.69) is 4.74 Å². The summed E-state index contributed by atoms with van der Waals surface area (Å²) in [6.07, 6.45) is 5.97. The number of methoxy groups -OCH3 is 1. The van der Waals surface area contributed by atoms with Gasteiger partial charge in [0.05, 0.1) is 7.11 Å². The Labute approximate surface area is 89.5 Å². The van der Waals surface area contributed by atoms with Crippen molar-refractivity contribution in [2.75, 3.05) is 7.11 Å². The number of rotatable bonds is 1. The zero-order chi connectivity index (χ0) is 10.8. The number of carbonyl (C=O) groups is 2. The molecule has 0 heterocycles. The molecule has 3 nitrogen and oxygen atoms in total. The SMILES string of the molecule is COC(=O)C1=C2CCCCCC2CC1=O. The number of hydrogen-bond donors (Lipinski definition) is 0. The van der Waals surface area contributed by atoms with Crippen LogP contribution in [0.15, 0.2) is 11.1 Å². The van der Waals surface area contributed by atoms with Crippen LogP contribution >= 0.6 is 0 Å². The van der Waals surface area contributed by atoms with Crippen LogP contribution < -0.4 is 0 Å². The monoisotopic (exact) mass is 208 g/mol. The van der Waals surface area contributed by atoms with E-state index in [1.165, 1.54) is 20.0 Å². The fraction of sp³-hybridized carbons (Fsp3) is 0.667. The van der Waals surface area contributed by atoms with Crippen LogP contribution in [-0.4, -0.2) is 18.9 Å². The van der Waals surface area contributed by atoms with Crippen molar-refractivity contribution in [1.82, 2.24) is 0 Å². The number of ether oxygens (including phenoxy) is 1. The van der Waals surface area contributed by atoms with Crippen LogP contribution in [-0.2, 0) is 14.3 Å². The Morgan fingerprint density at radius 1 is 1.33 bits per heavy atom. The highest BCUT2D eigenvalue weighted by Crippen LogP contribution is 2.39. The normalized spacial score (nSPS) is 26.2. The van der Waals surface area contributed by atoms with Gasteiger partial charge in [-0.3, -0.25) is 4.79 Å². The van der Waals surface area contributed by atoms with Crippen molar-refractivity contribution < 1.29 is 14.3 Å². The summed E-state index contributed by atoms with van der Waals surface area (Å²) in [6, 6.07) is 0. The molecule has 0 N–H and O–H groups in total. The molecule has 3 heteroatoms. The van der Waals surface area contributed by atoms with Gasteiger partial charge in [0.25, 0.3) is 0 Å². The molecule has 1 atom stereocenters. The Hall–Kier alpha value is -1.12. The molecule has 0 radical (unpaired) electrons. The van der Waals surface area contributed by atoms with Crippen LogP contribution in [0.5, 0.6) is 0 Å². The third-order valence-corrected chi connectivity index (χ3v) is 3.41. The molecule has 0 bridgehead atoms. The molecule has 2 aliphatic carbocycles. The van der Waals surface area contributed by atoms with Gasteiger partial charge < -0.3 is 4.74 Å². The second-order valence-corrected chi connectivity index (χ2v) is 4.32. The van der Waals surface area contributed by atoms with Crippen LogP contribution in [0.1, 0.15) is 38.5 Å². The van der Waals surface area contributed by atoms with Crippen LogP contribution in [0.3, 0.4) is 0 Å². The Morgan fingerprint density at radius 3 is 2.87 bits per heavy atom. The minimum atomic E-state index is -0.431. The Bertz CT molecular complexity index is 328. The van der Waals surface area contributed by atoms with Gasteiger partial charge in [-0.15, -0.1) is 0 Å². The van der Waals surface area contributed by atoms with Crippen molar-refractivity contribution in [3.63, 3.8) is 0 Å². The van der Waals surface area contributed by atoms with E-state index in [4.69, 9.17) is 0 Å². The number of hydrogen-bond acceptors (Lipinski definition) is 3. The van der Waals surface area contributed by atoms with E-state index in [1.807, 2.05) is 0 Å². The second-order valence-electron chi connectivity index (χ2n) is 4.32. The smallest absolute Gasteiger partial charge is 0.341 e. The molecule has 15 heavy (non-hydrogen) atoms. The molecular weight excluding hydrogens is 192 g/mol. The van der Waals surface area contributed by atoms with Crippen molar-refractivity contribution in [2.45, 2.75) is 38.5 Å². The minimum Gasteiger partial charge on any atom is -0.465 e. The number of fused-ring (bicyclic) bond motifs is 1. The first-order valence-corrected chi connectivity index (χ1v) is 5.58. The molecule has 0 aromatic heterocycles. The molecule has 82 valence electrons. The molecule has 2 aliphatic rings. The molecule has 0 aromatic carbocycles. The summed E-state index contributed by atoms with van der Waals surface area (Å²) < 4.78 is 4.68. The van der Waals surface area contributed by atoms with Crippen LogP contribution in [0.4, 0.5) is 0 Å². The van der Waals surface area contributed by atoms with Gasteiger partial charge in [0.2, 0.25) is 0 Å². The first-order valence-electron chi connectivity index (χ1n) is 5.58. The molecule has 0 saturated heterocycles. The largest absolute Gasteiger partial charge is 0.465 e. The molecule has 0 spiro atoms. The summed E-state index contributed by atoms with van der Waals surface area (Å²) in [6.45, 7) is 0. The molecular formula is C12H16O3. The highest BCUT2D eigenvalue weighted by molar-refractivity contribution is 6.19. The summed E-state index contributed by atoms with van der Waals surface area (Å²) in [5.41, 5.74) is 1.44. The van der Waals surface area contributed by atoms with Crippen molar-refractivity contribution in [3.8, 4) is 0 Å². The number of carbonyl (C=O) groups excluding carboxylic acids is 2. The van der Waals surface area contributed by atoms with E-state index in [0.29, 0.717) is 17.9 Å². The second kappa shape index (κ2) is 4.17. The lowest BCUT2D eigenvalue weighted by Gasteiger charge is -2.09. The zero-order valence-corrected chi connectivity index (χ0v) is 9.04. The van der Waals surface area contributed by atoms with Crippen LogP contribution in [0.2, 0.25) is 0 Å². The Kier molecular flexibility index (Phi) is 2.89. The number of esters is 1. The quantitative estimate of drug-likeness (QED) is 0.489. The van der Waals surface area contributed by atoms with Gasteiger partial charge in [-0.25, -0.2) is 4.79 Å². The first-order chi connectivity index (χ1) is 7.24. The lowest BCUT2D eigenvalue weighted by molar-refractivity contribution is -0.137. The lowest BCUT2D eigenvalue weighted by Crippen LogP contribution is -2.11. The van der Waals surface area contributed by atoms with Gasteiger partial charge in [0.1, 0.15) is 5.57 Å². The van der Waals surface area contributed by atoms with Gasteiger partial charge in [-0.05, 0) is 30.8 Å². The third kappa shape index (κ3) is 1.83. The van der Waals surface area contributed by atoms with Crippen molar-refractivity contribution in [2.24, 2.45) is 5.92 Å². The summed E-state index contributed by atoms with van der Waals surface area (Å²) >= 11 is 0. The van der Waals surface area contributed by atoms with E-state index in [1.54, 1.807) is 0 Å². The van der Waals surface area contributed by atoms with Crippen molar-refractivity contribution in [1.29, 1.82) is 0 Å². The van der Waals surface area contributed by atoms with E-state index in [-0.39, 0.29) is 5.78 Å². The maximum absolute atomic E-state index is 11.7. The number of Topliss-reactive ketones (excluding diaryl/α,β-unsaturated/α-hetero) is 1. The zero-order valence-electron chi connectivity index (χ0n) is 9.04. The summed E-state index contributed by atoms with van der Waals surface area (Å²) in [5.74, 6) is -0.114. The molecule has 1 fully saturated rings. The maximum Gasteiger partial charge on any atom is 0.341 e. The summed E-state index contributed by atoms with van der Waals surface area (Å²) in [5, 5.41) is 0. The average molecular weight is 208 g/mol. The summed E-state index contributed by atoms with van der Waals surface area (Å²) in [7, 11) is 1.34. The standard InChI is InChI=1S/C12H16O3/c1-15-12(14)11-9-6-4-2-3-5-8(9)7-10(11)13/h8H,2-7H2,1H3. The third-order valence-electron chi connectivity index (χ3n) is 3.41. The molecule has 0 aromatic rings. The molecule has 2 rings (SSSR count). The van der Waals surface area contributed by atoms with Gasteiger partial charge >= 0.3 is 5.97 Å². The number of allylic oxidation sites excluding steroid dienone is 1. The van der Waals surface area contributed by atoms with Gasteiger partial charge in [0.15, 0.2) is 5.78 Å². The van der Waals surface area contributed by atoms with Gasteiger partial charge in [0, 0.05) is 6.42 Å². The van der Waals surface area contributed by atoms with Crippen LogP contribution in [0, 0.1) is 5.92 Å².